The second kappa shape index (κ2) is 13.8. The number of rotatable bonds is 6. The van der Waals surface area contributed by atoms with Gasteiger partial charge in [-0.05, 0) is 49.9 Å². The van der Waals surface area contributed by atoms with Gasteiger partial charge in [0.1, 0.15) is 12.6 Å². The maximum absolute atomic E-state index is 13.7. The molecular weight excluding hydrogens is 619 g/mol. The van der Waals surface area contributed by atoms with Gasteiger partial charge in [-0.1, -0.05) is 12.1 Å². The third-order valence-electron chi connectivity index (χ3n) is 8.80. The fourth-order valence-corrected chi connectivity index (χ4v) is 6.42. The van der Waals surface area contributed by atoms with E-state index in [1.165, 1.54) is 28.7 Å². The number of quaternary nitrogens is 1. The number of carbonyl (C=O) groups is 2. The Balaban J connectivity index is 0.00000160. The fraction of sp³-hybridized carbons (Fsp3) is 0.406. The number of hydrogen-bond acceptors (Lipinski definition) is 8. The molecule has 5 rings (SSSR count). The van der Waals surface area contributed by atoms with E-state index in [1.807, 2.05) is 0 Å². The Morgan fingerprint density at radius 2 is 1.87 bits per heavy atom. The maximum Gasteiger partial charge on any atom is 0.416 e. The lowest BCUT2D eigenvalue weighted by Gasteiger charge is -2.43. The molecule has 2 aliphatic rings. The number of allylic oxidation sites excluding steroid dienone is 1. The van der Waals surface area contributed by atoms with E-state index in [-0.39, 0.29) is 29.4 Å². The first kappa shape index (κ1) is 34.9. The Hall–Kier alpha value is -4.94. The Morgan fingerprint density at radius 1 is 1.21 bits per heavy atom. The molecule has 12 nitrogen and oxygen atoms in total. The minimum atomic E-state index is -4.61. The van der Waals surface area contributed by atoms with Gasteiger partial charge in [-0.25, -0.2) is 19.3 Å². The van der Waals surface area contributed by atoms with Crippen molar-refractivity contribution in [1.82, 2.24) is 19.7 Å². The Kier molecular flexibility index (Phi) is 10.3. The lowest BCUT2D eigenvalue weighted by molar-refractivity contribution is -0.929. The monoisotopic (exact) mass is 656 g/mol. The maximum atomic E-state index is 13.7. The molecule has 1 fully saturated rings. The van der Waals surface area contributed by atoms with Crippen molar-refractivity contribution in [2.75, 3.05) is 46.2 Å². The zero-order valence-electron chi connectivity index (χ0n) is 26.7. The molecule has 0 saturated carbocycles. The number of methoxy groups -OCH3 is 1. The van der Waals surface area contributed by atoms with Crippen molar-refractivity contribution in [1.29, 1.82) is 5.26 Å². The molecule has 3 aromatic rings. The highest BCUT2D eigenvalue weighted by atomic mass is 19.4. The van der Waals surface area contributed by atoms with Crippen LogP contribution in [0, 0.1) is 11.3 Å². The number of aromatic nitrogens is 3. The highest BCUT2D eigenvalue weighted by molar-refractivity contribution is 5.93. The second-order valence-electron chi connectivity index (χ2n) is 12.1. The van der Waals surface area contributed by atoms with Crippen LogP contribution in [0.2, 0.25) is 0 Å². The van der Waals surface area contributed by atoms with E-state index in [4.69, 9.17) is 14.6 Å². The summed E-state index contributed by atoms with van der Waals surface area (Å²) in [6, 6.07) is 11.2. The Bertz CT molecular complexity index is 1770. The molecule has 0 aliphatic carbocycles. The number of ether oxygens (including phenoxy) is 1. The molecule has 2 aliphatic heterocycles. The Morgan fingerprint density at radius 3 is 2.47 bits per heavy atom. The van der Waals surface area contributed by atoms with Gasteiger partial charge in [-0.3, -0.25) is 9.69 Å². The largest absolute Gasteiger partial charge is 0.483 e. The normalized spacial score (nSPS) is 17.3. The second-order valence-corrected chi connectivity index (χ2v) is 12.1. The number of nitriles is 1. The number of halogens is 3. The average molecular weight is 657 g/mol. The average Bonchev–Trinajstić information content (AvgIpc) is 3.40. The van der Waals surface area contributed by atoms with Crippen molar-refractivity contribution >= 4 is 24.1 Å². The summed E-state index contributed by atoms with van der Waals surface area (Å²) in [5, 5.41) is 23.3. The van der Waals surface area contributed by atoms with Gasteiger partial charge in [-0.15, -0.1) is 5.10 Å². The molecule has 47 heavy (non-hydrogen) atoms. The van der Waals surface area contributed by atoms with Crippen LogP contribution in [0.25, 0.3) is 0 Å². The van der Waals surface area contributed by atoms with Crippen molar-refractivity contribution in [3.05, 3.63) is 86.5 Å². The summed E-state index contributed by atoms with van der Waals surface area (Å²) >= 11 is 0. The quantitative estimate of drug-likeness (QED) is 0.228. The van der Waals surface area contributed by atoms with E-state index >= 15 is 0 Å². The zero-order chi connectivity index (χ0) is 34.7. The number of hydrogen-bond donors (Lipinski definition) is 2. The first-order valence-electron chi connectivity index (χ1n) is 14.7. The highest BCUT2D eigenvalue weighted by Crippen LogP contribution is 2.44. The van der Waals surface area contributed by atoms with Crippen LogP contribution < -0.4 is 10.6 Å². The molecule has 0 bridgehead atoms. The van der Waals surface area contributed by atoms with Gasteiger partial charge in [0.2, 0.25) is 5.95 Å². The number of piperidine rings is 1. The van der Waals surface area contributed by atoms with Crippen LogP contribution in [0.1, 0.15) is 48.1 Å². The van der Waals surface area contributed by atoms with Gasteiger partial charge < -0.3 is 19.2 Å². The predicted octanol–water partition coefficient (Wildman–Crippen LogP) is 4.02. The fourth-order valence-electron chi connectivity index (χ4n) is 6.42. The van der Waals surface area contributed by atoms with Gasteiger partial charge in [0.25, 0.3) is 6.47 Å². The molecule has 0 radical (unpaired) electrons. The molecule has 0 amide bonds. The summed E-state index contributed by atoms with van der Waals surface area (Å²) in [4.78, 5) is 38.9. The molecule has 1 saturated heterocycles. The number of nitrogens with one attached hydrogen (secondary N) is 1. The number of anilines is 2. The van der Waals surface area contributed by atoms with Crippen LogP contribution in [0.5, 0.6) is 0 Å². The zero-order valence-corrected chi connectivity index (χ0v) is 26.7. The summed E-state index contributed by atoms with van der Waals surface area (Å²) in [7, 11) is 7.57. The lowest BCUT2D eigenvalue weighted by Crippen LogP contribution is -2.52. The standard InChI is InChI=1S/C31H34F3N7O3.CH2O2/c1-19-26(28(42)44-5)27(40-29(36-37-30(40)43)39(19)23-8-6-7-22(16-23)31(32,33)34)25-10-9-20(17-35)15-21(25)18-41(3,4)24-11-13-38(2)14-12-24;2-1-3/h6-10,15-16,24,27H,11-14,18H2,1-5H3;1H,(H,2,3)/p+1/t27-;/m1./s1. The van der Waals surface area contributed by atoms with Gasteiger partial charge in [0, 0.05) is 42.9 Å². The number of carbonyl (C=O) groups excluding carboxylic acids is 1. The number of aromatic amines is 1. The van der Waals surface area contributed by atoms with Crippen molar-refractivity contribution < 1.29 is 37.1 Å². The topological polar surface area (TPSA) is 145 Å². The van der Waals surface area contributed by atoms with Gasteiger partial charge in [0.15, 0.2) is 0 Å². The summed E-state index contributed by atoms with van der Waals surface area (Å²) < 4.78 is 48.0. The molecule has 15 heteroatoms. The molecule has 2 N–H and O–H groups in total. The molecule has 1 atom stereocenters. The molecule has 3 heterocycles. The van der Waals surface area contributed by atoms with Crippen LogP contribution in [-0.4, -0.2) is 89.1 Å². The summed E-state index contributed by atoms with van der Waals surface area (Å²) in [6.45, 7) is 3.77. The third-order valence-corrected chi connectivity index (χ3v) is 8.80. The number of H-pyrrole nitrogens is 1. The predicted molar refractivity (Wildman–Crippen MR) is 165 cm³/mol. The SMILES string of the molecule is COC(=O)C1=C(C)N(c2cccc(C(F)(F)F)c2)c2n[nH]c(=O)n2[C@@H]1c1ccc(C#N)cc1C[N+](C)(C)C1CCN(C)CC1.O=CO. The number of carboxylic acid groups (broad SMARTS) is 1. The minimum Gasteiger partial charge on any atom is -0.483 e. The Labute approximate surface area is 269 Å². The van der Waals surface area contributed by atoms with Gasteiger partial charge in [0.05, 0.1) is 50.0 Å². The van der Waals surface area contributed by atoms with Crippen molar-refractivity contribution in [2.24, 2.45) is 0 Å². The summed E-state index contributed by atoms with van der Waals surface area (Å²) in [6.07, 6.45) is -2.63. The number of alkyl halides is 3. The first-order valence-corrected chi connectivity index (χ1v) is 14.7. The van der Waals surface area contributed by atoms with Gasteiger partial charge in [-0.2, -0.15) is 18.4 Å². The van der Waals surface area contributed by atoms with Crippen molar-refractivity contribution in [3.8, 4) is 6.07 Å². The summed E-state index contributed by atoms with van der Waals surface area (Å²) in [5.74, 6) is -0.730. The van der Waals surface area contributed by atoms with E-state index in [0.29, 0.717) is 28.2 Å². The smallest absolute Gasteiger partial charge is 0.416 e. The molecule has 1 aromatic heterocycles. The minimum absolute atomic E-state index is 0.0175. The number of likely N-dealkylation sites (tertiary alicyclic amines) is 1. The van der Waals surface area contributed by atoms with E-state index in [0.717, 1.165) is 43.6 Å². The van der Waals surface area contributed by atoms with E-state index in [1.54, 1.807) is 25.1 Å². The van der Waals surface area contributed by atoms with E-state index in [9.17, 15) is 28.0 Å². The lowest BCUT2D eigenvalue weighted by atomic mass is 9.89. The molecule has 250 valence electrons. The molecule has 0 unspecified atom stereocenters. The van der Waals surface area contributed by atoms with E-state index in [2.05, 4.69) is 42.3 Å². The van der Waals surface area contributed by atoms with E-state index < -0.39 is 29.4 Å². The van der Waals surface area contributed by atoms with Crippen LogP contribution >= 0.6 is 0 Å². The third kappa shape index (κ3) is 7.08. The molecule has 0 spiro atoms. The number of esters is 1. The van der Waals surface area contributed by atoms with Crippen LogP contribution in [-0.2, 0) is 27.0 Å². The number of benzene rings is 2. The molecule has 2 aromatic carbocycles. The number of nitrogens with zero attached hydrogens (tertiary/aromatic N) is 6. The molecular formula is C32H37F3N7O5+. The van der Waals surface area contributed by atoms with Crippen molar-refractivity contribution in [2.45, 2.75) is 44.6 Å². The summed E-state index contributed by atoms with van der Waals surface area (Å²) in [5.41, 5.74) is 0.622. The van der Waals surface area contributed by atoms with Crippen LogP contribution in [0.15, 0.2) is 58.5 Å². The first-order chi connectivity index (χ1) is 22.2. The number of fused-ring (bicyclic) bond motifs is 1. The van der Waals surface area contributed by atoms with Gasteiger partial charge >= 0.3 is 17.8 Å². The van der Waals surface area contributed by atoms with Crippen LogP contribution in [0.4, 0.5) is 24.8 Å². The van der Waals surface area contributed by atoms with Crippen LogP contribution in [0.3, 0.4) is 0 Å². The highest BCUT2D eigenvalue weighted by Gasteiger charge is 2.42. The van der Waals surface area contributed by atoms with Crippen molar-refractivity contribution in [3.63, 3.8) is 0 Å².